The van der Waals surface area contributed by atoms with Crippen molar-refractivity contribution in [2.75, 3.05) is 5.73 Å². The van der Waals surface area contributed by atoms with Crippen LogP contribution < -0.4 is 5.73 Å². The lowest BCUT2D eigenvalue weighted by Gasteiger charge is -2.07. The molecule has 0 spiro atoms. The Labute approximate surface area is 155 Å². The van der Waals surface area contributed by atoms with E-state index in [-0.39, 0.29) is 0 Å². The van der Waals surface area contributed by atoms with E-state index < -0.39 is 0 Å². The Bertz CT molecular complexity index is 1430. The van der Waals surface area contributed by atoms with Gasteiger partial charge >= 0.3 is 0 Å². The highest BCUT2D eigenvalue weighted by Crippen LogP contribution is 2.35. The molecular weight excluding hydrogens is 332 g/mol. The smallest absolute Gasteiger partial charge is 0.137 e. The van der Waals surface area contributed by atoms with Crippen LogP contribution in [0.25, 0.3) is 49.4 Å². The van der Waals surface area contributed by atoms with Gasteiger partial charge in [0.2, 0.25) is 0 Å². The van der Waals surface area contributed by atoms with E-state index in [4.69, 9.17) is 10.2 Å². The molecule has 0 fully saturated rings. The first kappa shape index (κ1) is 14.4. The number of rotatable bonds is 1. The Kier molecular flexibility index (Phi) is 2.75. The third-order valence-electron chi connectivity index (χ3n) is 5.32. The summed E-state index contributed by atoms with van der Waals surface area (Å²) >= 11 is 0. The second-order valence-electron chi connectivity index (χ2n) is 6.91. The van der Waals surface area contributed by atoms with Gasteiger partial charge in [-0.25, -0.2) is 0 Å². The monoisotopic (exact) mass is 348 g/mol. The molecule has 6 rings (SSSR count). The van der Waals surface area contributed by atoms with Crippen LogP contribution in [0.2, 0.25) is 0 Å². The van der Waals surface area contributed by atoms with E-state index in [1.165, 1.54) is 21.8 Å². The lowest BCUT2D eigenvalue weighted by molar-refractivity contribution is 0.668. The molecule has 2 N–H and O–H groups in total. The molecule has 0 saturated heterocycles. The molecule has 0 aliphatic heterocycles. The van der Waals surface area contributed by atoms with Gasteiger partial charge in [0.05, 0.1) is 11.0 Å². The number of fused-ring (bicyclic) bond motifs is 6. The van der Waals surface area contributed by atoms with Crippen molar-refractivity contribution in [2.45, 2.75) is 0 Å². The third-order valence-corrected chi connectivity index (χ3v) is 5.32. The van der Waals surface area contributed by atoms with Crippen LogP contribution in [-0.2, 0) is 0 Å². The minimum absolute atomic E-state index is 0.747. The van der Waals surface area contributed by atoms with E-state index >= 15 is 0 Å². The molecule has 0 saturated carbocycles. The quantitative estimate of drug-likeness (QED) is 0.356. The molecule has 4 aromatic carbocycles. The summed E-state index contributed by atoms with van der Waals surface area (Å²) < 4.78 is 8.40. The summed E-state index contributed by atoms with van der Waals surface area (Å²) in [5.74, 6) is 0. The molecule has 0 amide bonds. The number of anilines is 1. The fourth-order valence-electron chi connectivity index (χ4n) is 4.12. The average molecular weight is 348 g/mol. The van der Waals surface area contributed by atoms with E-state index in [9.17, 15) is 0 Å². The zero-order chi connectivity index (χ0) is 18.0. The molecule has 2 heterocycles. The maximum atomic E-state index is 6.10. The highest BCUT2D eigenvalue weighted by molar-refractivity contribution is 6.10. The number of hydrogen-bond acceptors (Lipinski definition) is 2. The first-order valence-electron chi connectivity index (χ1n) is 9.00. The van der Waals surface area contributed by atoms with Gasteiger partial charge in [0.15, 0.2) is 0 Å². The summed E-state index contributed by atoms with van der Waals surface area (Å²) in [4.78, 5) is 0. The van der Waals surface area contributed by atoms with Crippen molar-refractivity contribution in [1.82, 2.24) is 4.57 Å². The topological polar surface area (TPSA) is 44.1 Å². The Morgan fingerprint density at radius 2 is 1.30 bits per heavy atom. The second kappa shape index (κ2) is 5.15. The molecule has 3 heteroatoms. The minimum Gasteiger partial charge on any atom is -0.456 e. The molecule has 0 radical (unpaired) electrons. The predicted octanol–water partition coefficient (Wildman–Crippen LogP) is 6.27. The van der Waals surface area contributed by atoms with Crippen LogP contribution in [0.15, 0.2) is 89.3 Å². The lowest BCUT2D eigenvalue weighted by atomic mass is 10.1. The van der Waals surface area contributed by atoms with E-state index in [0.29, 0.717) is 0 Å². The van der Waals surface area contributed by atoms with Gasteiger partial charge in [0.25, 0.3) is 0 Å². The first-order chi connectivity index (χ1) is 13.3. The van der Waals surface area contributed by atoms with Gasteiger partial charge < -0.3 is 14.7 Å². The third kappa shape index (κ3) is 1.97. The number of hydrogen-bond donors (Lipinski definition) is 1. The molecule has 128 valence electrons. The Morgan fingerprint density at radius 1 is 0.593 bits per heavy atom. The SMILES string of the molecule is Nc1ccc2oc3cc(-n4c5ccccc5c5ccccc54)ccc3c2c1. The number of para-hydroxylation sites is 2. The van der Waals surface area contributed by atoms with Crippen molar-refractivity contribution in [1.29, 1.82) is 0 Å². The average Bonchev–Trinajstić information content (AvgIpc) is 3.23. The molecule has 2 aromatic heterocycles. The van der Waals surface area contributed by atoms with Crippen LogP contribution >= 0.6 is 0 Å². The summed E-state index contributed by atoms with van der Waals surface area (Å²) in [5, 5.41) is 4.65. The first-order valence-corrected chi connectivity index (χ1v) is 9.00. The fraction of sp³-hybridized carbons (Fsp3) is 0. The van der Waals surface area contributed by atoms with Gasteiger partial charge in [-0.1, -0.05) is 36.4 Å². The Hall–Kier alpha value is -3.72. The molecular formula is C24H16N2O. The summed E-state index contributed by atoms with van der Waals surface area (Å²) in [7, 11) is 0. The molecule has 6 aromatic rings. The Balaban J connectivity index is 1.71. The van der Waals surface area contributed by atoms with Crippen LogP contribution in [0, 0.1) is 0 Å². The molecule has 0 unspecified atom stereocenters. The Morgan fingerprint density at radius 3 is 2.04 bits per heavy atom. The maximum absolute atomic E-state index is 6.10. The number of nitrogens with two attached hydrogens (primary N) is 1. The van der Waals surface area contributed by atoms with Crippen molar-refractivity contribution >= 4 is 49.4 Å². The van der Waals surface area contributed by atoms with Crippen LogP contribution in [-0.4, -0.2) is 4.57 Å². The normalized spacial score (nSPS) is 11.9. The van der Waals surface area contributed by atoms with Crippen molar-refractivity contribution in [2.24, 2.45) is 0 Å². The zero-order valence-electron chi connectivity index (χ0n) is 14.5. The molecule has 3 nitrogen and oxygen atoms in total. The molecule has 0 bridgehead atoms. The number of benzene rings is 4. The highest BCUT2D eigenvalue weighted by atomic mass is 16.3. The van der Waals surface area contributed by atoms with E-state index in [2.05, 4.69) is 71.3 Å². The summed E-state index contributed by atoms with van der Waals surface area (Å²) in [6.07, 6.45) is 0. The van der Waals surface area contributed by atoms with Gasteiger partial charge in [-0.2, -0.15) is 0 Å². The van der Waals surface area contributed by atoms with Gasteiger partial charge in [-0.05, 0) is 42.5 Å². The number of furan rings is 1. The van der Waals surface area contributed by atoms with Crippen LogP contribution in [0.3, 0.4) is 0 Å². The summed E-state index contributed by atoms with van der Waals surface area (Å²) in [6, 6.07) is 29.2. The van der Waals surface area contributed by atoms with Crippen LogP contribution in [0.1, 0.15) is 0 Å². The second-order valence-corrected chi connectivity index (χ2v) is 6.91. The van der Waals surface area contributed by atoms with Crippen molar-refractivity contribution in [3.05, 3.63) is 84.9 Å². The van der Waals surface area contributed by atoms with Gasteiger partial charge in [0, 0.05) is 39.0 Å². The van der Waals surface area contributed by atoms with Gasteiger partial charge in [0.1, 0.15) is 11.2 Å². The predicted molar refractivity (Wildman–Crippen MR) is 112 cm³/mol. The molecule has 0 atom stereocenters. The van der Waals surface area contributed by atoms with Crippen molar-refractivity contribution in [3.63, 3.8) is 0 Å². The molecule has 0 aliphatic carbocycles. The van der Waals surface area contributed by atoms with Gasteiger partial charge in [-0.15, -0.1) is 0 Å². The van der Waals surface area contributed by atoms with Crippen molar-refractivity contribution in [3.8, 4) is 5.69 Å². The van der Waals surface area contributed by atoms with E-state index in [1.54, 1.807) is 0 Å². The van der Waals surface area contributed by atoms with Crippen LogP contribution in [0.4, 0.5) is 5.69 Å². The molecule has 0 aliphatic rings. The standard InChI is InChI=1S/C24H16N2O/c25-15-9-12-23-20(13-15)19-11-10-16(14-24(19)27-23)26-21-7-3-1-5-17(21)18-6-2-4-8-22(18)26/h1-14H,25H2. The fourth-order valence-corrected chi connectivity index (χ4v) is 4.12. The van der Waals surface area contributed by atoms with E-state index in [1.807, 2.05) is 18.2 Å². The minimum atomic E-state index is 0.747. The number of nitrogens with zero attached hydrogens (tertiary/aromatic N) is 1. The number of aromatic nitrogens is 1. The molecule has 27 heavy (non-hydrogen) atoms. The number of nitrogen functional groups attached to an aromatic ring is 1. The van der Waals surface area contributed by atoms with Crippen LogP contribution in [0.5, 0.6) is 0 Å². The largest absolute Gasteiger partial charge is 0.456 e. The lowest BCUT2D eigenvalue weighted by Crippen LogP contribution is -1.93. The maximum Gasteiger partial charge on any atom is 0.137 e. The van der Waals surface area contributed by atoms with Crippen molar-refractivity contribution < 1.29 is 4.42 Å². The van der Waals surface area contributed by atoms with E-state index in [0.717, 1.165) is 33.3 Å². The zero-order valence-corrected chi connectivity index (χ0v) is 14.5. The summed E-state index contributed by atoms with van der Waals surface area (Å²) in [6.45, 7) is 0. The highest BCUT2D eigenvalue weighted by Gasteiger charge is 2.13. The van der Waals surface area contributed by atoms with Gasteiger partial charge in [-0.3, -0.25) is 0 Å². The summed E-state index contributed by atoms with van der Waals surface area (Å²) in [5.41, 5.74) is 11.9.